The molecule has 0 aliphatic heterocycles. The van der Waals surface area contributed by atoms with Gasteiger partial charge in [-0.1, -0.05) is 12.1 Å². The molecule has 0 aliphatic carbocycles. The van der Waals surface area contributed by atoms with Crippen LogP contribution in [0.4, 0.5) is 15.8 Å². The second kappa shape index (κ2) is 7.45. The van der Waals surface area contributed by atoms with E-state index < -0.39 is 11.7 Å². The van der Waals surface area contributed by atoms with Gasteiger partial charge in [0.05, 0.1) is 16.7 Å². The van der Waals surface area contributed by atoms with E-state index in [0.717, 1.165) is 11.6 Å². The average Bonchev–Trinajstić information content (AvgIpc) is 2.89. The minimum absolute atomic E-state index is 0.0708. The molecular weight excluding hydrogens is 351 g/mol. The molecule has 0 saturated heterocycles. The van der Waals surface area contributed by atoms with Crippen LogP contribution in [0.15, 0.2) is 47.3 Å². The minimum Gasteiger partial charge on any atom is -0.326 e. The second-order valence-electron chi connectivity index (χ2n) is 6.03. The molecule has 0 unspecified atom stereocenters. The first-order valence-electron chi connectivity index (χ1n) is 8.45. The van der Waals surface area contributed by atoms with Crippen LogP contribution in [0.3, 0.4) is 0 Å². The zero-order chi connectivity index (χ0) is 19.6. The molecule has 0 radical (unpaired) electrons. The Morgan fingerprint density at radius 1 is 1.04 bits per heavy atom. The number of benzene rings is 2. The summed E-state index contributed by atoms with van der Waals surface area (Å²) in [5.74, 6) is -1.49. The number of aryl methyl sites for hydroxylation is 1. The quantitative estimate of drug-likeness (QED) is 0.724. The molecule has 3 aromatic rings. The summed E-state index contributed by atoms with van der Waals surface area (Å²) < 4.78 is 16.9. The molecule has 8 heteroatoms. The first-order valence-corrected chi connectivity index (χ1v) is 8.45. The van der Waals surface area contributed by atoms with Crippen molar-refractivity contribution in [3.63, 3.8) is 0 Å². The van der Waals surface area contributed by atoms with Crippen molar-refractivity contribution in [1.82, 2.24) is 9.13 Å². The highest BCUT2D eigenvalue weighted by atomic mass is 19.1. The van der Waals surface area contributed by atoms with Crippen molar-refractivity contribution in [1.29, 1.82) is 0 Å². The number of halogens is 1. The SMILES string of the molecule is CCn1c(=O)n(CC(=O)Nc2cc(NC(C)=O)ccc2F)c2ccccc21. The number of nitrogens with one attached hydrogen (secondary N) is 2. The number of rotatable bonds is 5. The lowest BCUT2D eigenvalue weighted by molar-refractivity contribution is -0.117. The lowest BCUT2D eigenvalue weighted by atomic mass is 10.2. The van der Waals surface area contributed by atoms with Crippen LogP contribution in [-0.2, 0) is 22.7 Å². The van der Waals surface area contributed by atoms with E-state index in [0.29, 0.717) is 17.7 Å². The Hall–Kier alpha value is -3.42. The maximum atomic E-state index is 14.0. The summed E-state index contributed by atoms with van der Waals surface area (Å²) in [6.07, 6.45) is 0. The number of para-hydroxylation sites is 2. The fraction of sp³-hybridized carbons (Fsp3) is 0.211. The van der Waals surface area contributed by atoms with Gasteiger partial charge in [-0.25, -0.2) is 9.18 Å². The van der Waals surface area contributed by atoms with Gasteiger partial charge in [0, 0.05) is 19.2 Å². The first kappa shape index (κ1) is 18.4. The van der Waals surface area contributed by atoms with E-state index in [4.69, 9.17) is 0 Å². The summed E-state index contributed by atoms with van der Waals surface area (Å²) in [6, 6.07) is 11.0. The normalized spacial score (nSPS) is 10.8. The molecule has 2 aromatic carbocycles. The van der Waals surface area contributed by atoms with Crippen molar-refractivity contribution >= 4 is 34.2 Å². The second-order valence-corrected chi connectivity index (χ2v) is 6.03. The number of aromatic nitrogens is 2. The average molecular weight is 370 g/mol. The Bertz CT molecular complexity index is 1080. The van der Waals surface area contributed by atoms with Crippen LogP contribution in [-0.4, -0.2) is 20.9 Å². The smallest absolute Gasteiger partial charge is 0.326 e. The highest BCUT2D eigenvalue weighted by molar-refractivity contribution is 5.94. The van der Waals surface area contributed by atoms with Gasteiger partial charge in [-0.2, -0.15) is 0 Å². The van der Waals surface area contributed by atoms with E-state index in [1.54, 1.807) is 16.7 Å². The number of carbonyl (C=O) groups is 2. The van der Waals surface area contributed by atoms with Crippen molar-refractivity contribution in [2.75, 3.05) is 10.6 Å². The molecule has 3 rings (SSSR count). The van der Waals surface area contributed by atoms with E-state index in [-0.39, 0.29) is 23.8 Å². The summed E-state index contributed by atoms with van der Waals surface area (Å²) in [5.41, 5.74) is 1.35. The van der Waals surface area contributed by atoms with Gasteiger partial charge >= 0.3 is 5.69 Å². The van der Waals surface area contributed by atoms with Crippen LogP contribution >= 0.6 is 0 Å². The predicted octanol–water partition coefficient (Wildman–Crippen LogP) is 2.56. The van der Waals surface area contributed by atoms with Crippen molar-refractivity contribution in [3.8, 4) is 0 Å². The Morgan fingerprint density at radius 2 is 1.70 bits per heavy atom. The lowest BCUT2D eigenvalue weighted by Crippen LogP contribution is -2.29. The highest BCUT2D eigenvalue weighted by Gasteiger charge is 2.15. The van der Waals surface area contributed by atoms with Gasteiger partial charge in [-0.3, -0.25) is 18.7 Å². The Balaban J connectivity index is 1.87. The van der Waals surface area contributed by atoms with Crippen LogP contribution in [0, 0.1) is 5.82 Å². The summed E-state index contributed by atoms with van der Waals surface area (Å²) in [4.78, 5) is 36.1. The van der Waals surface area contributed by atoms with E-state index >= 15 is 0 Å². The number of imidazole rings is 1. The van der Waals surface area contributed by atoms with E-state index in [9.17, 15) is 18.8 Å². The summed E-state index contributed by atoms with van der Waals surface area (Å²) in [6.45, 7) is 3.40. The third-order valence-electron chi connectivity index (χ3n) is 4.10. The number of amides is 2. The molecule has 140 valence electrons. The van der Waals surface area contributed by atoms with Gasteiger partial charge in [-0.15, -0.1) is 0 Å². The van der Waals surface area contributed by atoms with Gasteiger partial charge in [0.25, 0.3) is 0 Å². The van der Waals surface area contributed by atoms with Crippen LogP contribution in [0.1, 0.15) is 13.8 Å². The van der Waals surface area contributed by atoms with Crippen molar-refractivity contribution in [2.24, 2.45) is 0 Å². The van der Waals surface area contributed by atoms with Gasteiger partial charge in [0.15, 0.2) is 0 Å². The van der Waals surface area contributed by atoms with Crippen molar-refractivity contribution in [2.45, 2.75) is 26.9 Å². The molecule has 27 heavy (non-hydrogen) atoms. The predicted molar refractivity (Wildman–Crippen MR) is 101 cm³/mol. The summed E-state index contributed by atoms with van der Waals surface area (Å²) >= 11 is 0. The number of nitrogens with zero attached hydrogens (tertiary/aromatic N) is 2. The monoisotopic (exact) mass is 370 g/mol. The molecule has 0 fully saturated rings. The molecule has 2 N–H and O–H groups in total. The van der Waals surface area contributed by atoms with Gasteiger partial charge in [-0.05, 0) is 37.3 Å². The van der Waals surface area contributed by atoms with Gasteiger partial charge in [0.2, 0.25) is 11.8 Å². The van der Waals surface area contributed by atoms with E-state index in [1.165, 1.54) is 23.6 Å². The summed E-state index contributed by atoms with van der Waals surface area (Å²) in [5, 5.41) is 4.98. The van der Waals surface area contributed by atoms with E-state index in [2.05, 4.69) is 10.6 Å². The Labute approximate surface area is 154 Å². The molecule has 0 saturated carbocycles. The number of hydrogen-bond donors (Lipinski definition) is 2. The molecule has 0 aliphatic rings. The van der Waals surface area contributed by atoms with Gasteiger partial charge in [0.1, 0.15) is 12.4 Å². The standard InChI is InChI=1S/C19H19FN4O3/c1-3-23-16-6-4-5-7-17(16)24(19(23)27)11-18(26)22-15-10-13(21-12(2)25)8-9-14(15)20/h4-10H,3,11H2,1-2H3,(H,21,25)(H,22,26). The molecule has 0 atom stereocenters. The van der Waals surface area contributed by atoms with Gasteiger partial charge < -0.3 is 10.6 Å². The van der Waals surface area contributed by atoms with Crippen LogP contribution in [0.25, 0.3) is 11.0 Å². The zero-order valence-corrected chi connectivity index (χ0v) is 15.0. The molecule has 2 amide bonds. The van der Waals surface area contributed by atoms with Crippen molar-refractivity contribution < 1.29 is 14.0 Å². The van der Waals surface area contributed by atoms with Crippen LogP contribution in [0.2, 0.25) is 0 Å². The molecule has 0 bridgehead atoms. The number of hydrogen-bond acceptors (Lipinski definition) is 3. The number of anilines is 2. The highest BCUT2D eigenvalue weighted by Crippen LogP contribution is 2.20. The molecule has 1 heterocycles. The van der Waals surface area contributed by atoms with Crippen LogP contribution in [0.5, 0.6) is 0 Å². The fourth-order valence-corrected chi connectivity index (χ4v) is 2.97. The van der Waals surface area contributed by atoms with Crippen molar-refractivity contribution in [3.05, 3.63) is 58.8 Å². The largest absolute Gasteiger partial charge is 0.329 e. The van der Waals surface area contributed by atoms with Crippen LogP contribution < -0.4 is 16.3 Å². The number of carbonyl (C=O) groups excluding carboxylic acids is 2. The first-order chi connectivity index (χ1) is 12.9. The van der Waals surface area contributed by atoms with E-state index in [1.807, 2.05) is 19.1 Å². The topological polar surface area (TPSA) is 85.1 Å². The zero-order valence-electron chi connectivity index (χ0n) is 15.0. The summed E-state index contributed by atoms with van der Waals surface area (Å²) in [7, 11) is 0. The fourth-order valence-electron chi connectivity index (χ4n) is 2.97. The Morgan fingerprint density at radius 3 is 2.33 bits per heavy atom. The lowest BCUT2D eigenvalue weighted by Gasteiger charge is -2.09. The third-order valence-corrected chi connectivity index (χ3v) is 4.10. The molecule has 1 aromatic heterocycles. The molecular formula is C19H19FN4O3. The Kier molecular flexibility index (Phi) is 5.07. The third kappa shape index (κ3) is 3.74. The molecule has 0 spiro atoms. The molecule has 7 nitrogen and oxygen atoms in total. The number of fused-ring (bicyclic) bond motifs is 1. The maximum absolute atomic E-state index is 14.0. The maximum Gasteiger partial charge on any atom is 0.329 e. The minimum atomic E-state index is -0.638.